The third kappa shape index (κ3) is 7.66. The highest BCUT2D eigenvalue weighted by Crippen LogP contribution is 2.31. The van der Waals surface area contributed by atoms with Gasteiger partial charge in [0.1, 0.15) is 18.1 Å². The monoisotopic (exact) mass is 535 g/mol. The van der Waals surface area contributed by atoms with Gasteiger partial charge in [-0.3, -0.25) is 4.79 Å². The Morgan fingerprint density at radius 1 is 1.03 bits per heavy atom. The molecule has 0 radical (unpaired) electrons. The van der Waals surface area contributed by atoms with E-state index in [1.165, 1.54) is 19.2 Å². The maximum absolute atomic E-state index is 12.9. The molecule has 1 unspecified atom stereocenters. The molecule has 1 atom stereocenters. The first-order valence-corrected chi connectivity index (χ1v) is 11.9. The molecule has 0 heterocycles. The summed E-state index contributed by atoms with van der Waals surface area (Å²) in [5, 5.41) is 17.5. The summed E-state index contributed by atoms with van der Waals surface area (Å²) in [7, 11) is 1.45. The van der Waals surface area contributed by atoms with Crippen LogP contribution in [0.2, 0.25) is 5.02 Å². The van der Waals surface area contributed by atoms with Crippen molar-refractivity contribution in [3.05, 3.63) is 82.9 Å². The predicted octanol–water partition coefficient (Wildman–Crippen LogP) is 4.99. The molecule has 3 aromatic carbocycles. The van der Waals surface area contributed by atoms with Crippen molar-refractivity contribution < 1.29 is 29.0 Å². The van der Waals surface area contributed by atoms with Crippen LogP contribution in [0, 0.1) is 12.3 Å². The summed E-state index contributed by atoms with van der Waals surface area (Å²) < 4.78 is 11.0. The highest BCUT2D eigenvalue weighted by Gasteiger charge is 2.21. The van der Waals surface area contributed by atoms with Crippen molar-refractivity contribution in [3.8, 4) is 23.8 Å². The van der Waals surface area contributed by atoms with E-state index in [4.69, 9.17) is 32.6 Å². The summed E-state index contributed by atoms with van der Waals surface area (Å²) in [4.78, 5) is 36.3. The average molecular weight is 536 g/mol. The summed E-state index contributed by atoms with van der Waals surface area (Å²) in [5.74, 6) is 1.37. The van der Waals surface area contributed by atoms with Crippen LogP contribution in [0.5, 0.6) is 11.5 Å². The van der Waals surface area contributed by atoms with Crippen LogP contribution >= 0.6 is 11.6 Å². The lowest BCUT2D eigenvalue weighted by atomic mass is 9.94. The van der Waals surface area contributed by atoms with Gasteiger partial charge in [-0.2, -0.15) is 0 Å². The number of hydrogen-bond acceptors (Lipinski definition) is 5. The molecule has 3 amide bonds. The number of halogens is 1. The molecule has 196 valence electrons. The van der Waals surface area contributed by atoms with Crippen LogP contribution in [0.3, 0.4) is 0 Å². The number of nitrogens with one attached hydrogen (secondary N) is 3. The van der Waals surface area contributed by atoms with Gasteiger partial charge in [0.2, 0.25) is 5.91 Å². The fourth-order valence-electron chi connectivity index (χ4n) is 3.51. The maximum Gasteiger partial charge on any atom is 0.335 e. The van der Waals surface area contributed by atoms with Crippen molar-refractivity contribution in [2.75, 3.05) is 30.9 Å². The first kappa shape index (κ1) is 27.9. The Morgan fingerprint density at radius 3 is 2.39 bits per heavy atom. The number of benzene rings is 3. The number of hydrogen-bond donors (Lipinski definition) is 4. The number of anilines is 2. The van der Waals surface area contributed by atoms with Crippen molar-refractivity contribution in [2.24, 2.45) is 0 Å². The normalized spacial score (nSPS) is 11.0. The molecule has 0 aliphatic rings. The second-order valence-electron chi connectivity index (χ2n) is 7.95. The van der Waals surface area contributed by atoms with Crippen molar-refractivity contribution in [1.82, 2.24) is 5.32 Å². The average Bonchev–Trinajstić information content (AvgIpc) is 2.91. The SMILES string of the molecule is C#CCC(C(=O)NCCOc1ccc(C(=O)O)cc1)c1ccc(NC(=O)Nc2ccccc2Cl)c(OC)c1. The van der Waals surface area contributed by atoms with E-state index in [0.29, 0.717) is 33.5 Å². The van der Waals surface area contributed by atoms with E-state index in [0.717, 1.165) is 0 Å². The minimum atomic E-state index is -1.02. The third-order valence-electron chi connectivity index (χ3n) is 5.41. The van der Waals surface area contributed by atoms with Crippen molar-refractivity contribution >= 4 is 40.9 Å². The summed E-state index contributed by atoms with van der Waals surface area (Å²) in [5.41, 5.74) is 1.61. The lowest BCUT2D eigenvalue weighted by molar-refractivity contribution is -0.122. The van der Waals surface area contributed by atoms with E-state index in [9.17, 15) is 14.4 Å². The van der Waals surface area contributed by atoms with Gasteiger partial charge in [-0.15, -0.1) is 12.3 Å². The van der Waals surface area contributed by atoms with Gasteiger partial charge in [0.25, 0.3) is 0 Å². The molecule has 0 aliphatic heterocycles. The van der Waals surface area contributed by atoms with Crippen molar-refractivity contribution in [1.29, 1.82) is 0 Å². The molecule has 0 saturated carbocycles. The molecule has 0 fully saturated rings. The first-order valence-electron chi connectivity index (χ1n) is 11.5. The van der Waals surface area contributed by atoms with E-state index >= 15 is 0 Å². The Hall–Kier alpha value is -4.68. The summed E-state index contributed by atoms with van der Waals surface area (Å²) >= 11 is 6.09. The Bertz CT molecular complexity index is 1340. The standard InChI is InChI=1S/C28H26ClN3O6/c1-3-6-21(26(33)30-15-16-38-20-12-9-18(10-13-20)27(34)35)19-11-14-24(25(17-19)37-2)32-28(36)31-23-8-5-4-7-22(23)29/h1,4-5,7-14,17,21H,6,15-16H2,2H3,(H,30,33)(H,34,35)(H2,31,32,36). The van der Waals surface area contributed by atoms with Gasteiger partial charge in [-0.1, -0.05) is 29.8 Å². The zero-order valence-electron chi connectivity index (χ0n) is 20.5. The van der Waals surface area contributed by atoms with Crippen molar-refractivity contribution in [2.45, 2.75) is 12.3 Å². The minimum Gasteiger partial charge on any atom is -0.495 e. The number of carboxylic acids is 1. The molecule has 0 bridgehead atoms. The van der Waals surface area contributed by atoms with Gasteiger partial charge >= 0.3 is 12.0 Å². The van der Waals surface area contributed by atoms with Gasteiger partial charge in [-0.25, -0.2) is 9.59 Å². The highest BCUT2D eigenvalue weighted by atomic mass is 35.5. The fourth-order valence-corrected chi connectivity index (χ4v) is 3.69. The number of amides is 3. The lowest BCUT2D eigenvalue weighted by Gasteiger charge is -2.18. The van der Waals surface area contributed by atoms with Crippen LogP contribution < -0.4 is 25.4 Å². The van der Waals surface area contributed by atoms with Crippen molar-refractivity contribution in [3.63, 3.8) is 0 Å². The Kier molecular flexibility index (Phi) is 9.97. The van der Waals surface area contributed by atoms with Gasteiger partial charge < -0.3 is 30.5 Å². The smallest absolute Gasteiger partial charge is 0.335 e. The molecule has 4 N–H and O–H groups in total. The maximum atomic E-state index is 12.9. The second-order valence-corrected chi connectivity index (χ2v) is 8.36. The Balaban J connectivity index is 1.60. The number of terminal acetylenes is 1. The minimum absolute atomic E-state index is 0.145. The number of carbonyl (C=O) groups excluding carboxylic acids is 2. The molecule has 9 nitrogen and oxygen atoms in total. The largest absolute Gasteiger partial charge is 0.495 e. The fraction of sp³-hybridized carbons (Fsp3) is 0.179. The third-order valence-corrected chi connectivity index (χ3v) is 5.74. The van der Waals surface area contributed by atoms with E-state index in [-0.39, 0.29) is 31.0 Å². The molecule has 38 heavy (non-hydrogen) atoms. The number of ether oxygens (including phenoxy) is 2. The number of para-hydroxylation sites is 1. The molecule has 0 saturated heterocycles. The molecule has 3 aromatic rings. The molecule has 0 aromatic heterocycles. The van der Waals surface area contributed by atoms with E-state index in [1.807, 2.05) is 0 Å². The van der Waals surface area contributed by atoms with Gasteiger partial charge in [0, 0.05) is 6.42 Å². The molecule has 10 heteroatoms. The highest BCUT2D eigenvalue weighted by molar-refractivity contribution is 6.33. The lowest BCUT2D eigenvalue weighted by Crippen LogP contribution is -2.32. The van der Waals surface area contributed by atoms with Crippen LogP contribution in [0.4, 0.5) is 16.2 Å². The summed E-state index contributed by atoms with van der Waals surface area (Å²) in [6.45, 7) is 0.382. The number of rotatable bonds is 11. The van der Waals surface area contributed by atoms with Gasteiger partial charge in [0.05, 0.1) is 41.5 Å². The first-order chi connectivity index (χ1) is 18.3. The Labute approximate surface area is 225 Å². The molecule has 3 rings (SSSR count). The zero-order chi connectivity index (χ0) is 27.5. The van der Waals surface area contributed by atoms with Crippen LogP contribution in [0.15, 0.2) is 66.7 Å². The van der Waals surface area contributed by atoms with Gasteiger partial charge in [0.15, 0.2) is 0 Å². The molecule has 0 spiro atoms. The van der Waals surface area contributed by atoms with Crippen LogP contribution in [-0.2, 0) is 4.79 Å². The number of aromatic carboxylic acids is 1. The second kappa shape index (κ2) is 13.6. The summed E-state index contributed by atoms with van der Waals surface area (Å²) in [6.07, 6.45) is 5.66. The molecule has 0 aliphatic carbocycles. The number of carboxylic acid groups (broad SMARTS) is 1. The Morgan fingerprint density at radius 2 is 1.74 bits per heavy atom. The van der Waals surface area contributed by atoms with E-state index in [2.05, 4.69) is 21.9 Å². The topological polar surface area (TPSA) is 126 Å². The predicted molar refractivity (Wildman–Crippen MR) is 145 cm³/mol. The quantitative estimate of drug-likeness (QED) is 0.202. The number of methoxy groups -OCH3 is 1. The van der Waals surface area contributed by atoms with Crippen LogP contribution in [0.25, 0.3) is 0 Å². The van der Waals surface area contributed by atoms with Crippen LogP contribution in [0.1, 0.15) is 28.3 Å². The molecular formula is C28H26ClN3O6. The van der Waals surface area contributed by atoms with E-state index in [1.54, 1.807) is 54.6 Å². The molecular weight excluding hydrogens is 510 g/mol. The summed E-state index contributed by atoms with van der Waals surface area (Å²) in [6, 6.07) is 17.2. The number of urea groups is 1. The zero-order valence-corrected chi connectivity index (χ0v) is 21.2. The van der Waals surface area contributed by atoms with Crippen LogP contribution in [-0.4, -0.2) is 43.3 Å². The number of carbonyl (C=O) groups is 3. The van der Waals surface area contributed by atoms with Gasteiger partial charge in [-0.05, 0) is 54.1 Å². The van der Waals surface area contributed by atoms with E-state index < -0.39 is 17.9 Å².